The standard InChI is InChI=1S/C14H22N2O3S/c1-8-6-9(2)14(10(3)13(8)15)20(18,19)16-7-12(17)11-4-5-11/h6,11-12,16-17H,4-5,7,15H2,1-3H3. The lowest BCUT2D eigenvalue weighted by Crippen LogP contribution is -2.34. The lowest BCUT2D eigenvalue weighted by Gasteiger charge is -2.17. The molecule has 2 rings (SSSR count). The number of nitrogen functional groups attached to an aromatic ring is 1. The summed E-state index contributed by atoms with van der Waals surface area (Å²) in [6.07, 6.45) is 1.34. The first kappa shape index (κ1) is 15.3. The van der Waals surface area contributed by atoms with E-state index in [1.165, 1.54) is 0 Å². The Labute approximate surface area is 120 Å². The predicted molar refractivity (Wildman–Crippen MR) is 79.0 cm³/mol. The van der Waals surface area contributed by atoms with Crippen LogP contribution in [-0.4, -0.2) is 26.2 Å². The van der Waals surface area contributed by atoms with E-state index in [-0.39, 0.29) is 17.4 Å². The van der Waals surface area contributed by atoms with Crippen molar-refractivity contribution in [2.24, 2.45) is 5.92 Å². The van der Waals surface area contributed by atoms with Crippen LogP contribution in [0.1, 0.15) is 29.5 Å². The third-order valence-electron chi connectivity index (χ3n) is 3.88. The lowest BCUT2D eigenvalue weighted by molar-refractivity contribution is 0.155. The van der Waals surface area contributed by atoms with Gasteiger partial charge in [0, 0.05) is 12.2 Å². The van der Waals surface area contributed by atoms with Crippen molar-refractivity contribution in [3.05, 3.63) is 22.8 Å². The summed E-state index contributed by atoms with van der Waals surface area (Å²) >= 11 is 0. The number of sulfonamides is 1. The van der Waals surface area contributed by atoms with Crippen LogP contribution >= 0.6 is 0 Å². The highest BCUT2D eigenvalue weighted by Crippen LogP contribution is 2.32. The summed E-state index contributed by atoms with van der Waals surface area (Å²) in [6, 6.07) is 1.77. The Morgan fingerprint density at radius 2 is 1.95 bits per heavy atom. The lowest BCUT2D eigenvalue weighted by atomic mass is 10.1. The van der Waals surface area contributed by atoms with Gasteiger partial charge in [0.1, 0.15) is 0 Å². The molecule has 6 heteroatoms. The van der Waals surface area contributed by atoms with Crippen LogP contribution in [0, 0.1) is 26.7 Å². The van der Waals surface area contributed by atoms with E-state index >= 15 is 0 Å². The minimum absolute atomic E-state index is 0.0552. The fourth-order valence-electron chi connectivity index (χ4n) is 2.51. The number of nitrogens with one attached hydrogen (secondary N) is 1. The van der Waals surface area contributed by atoms with Crippen LogP contribution in [0.2, 0.25) is 0 Å². The predicted octanol–water partition coefficient (Wildman–Crippen LogP) is 1.24. The molecular weight excluding hydrogens is 276 g/mol. The van der Waals surface area contributed by atoms with Gasteiger partial charge in [0.05, 0.1) is 11.0 Å². The van der Waals surface area contributed by atoms with Gasteiger partial charge in [0.2, 0.25) is 10.0 Å². The number of aliphatic hydroxyl groups is 1. The molecular formula is C14H22N2O3S. The number of anilines is 1. The summed E-state index contributed by atoms with van der Waals surface area (Å²) < 4.78 is 27.3. The topological polar surface area (TPSA) is 92.4 Å². The van der Waals surface area contributed by atoms with E-state index in [1.54, 1.807) is 19.9 Å². The van der Waals surface area contributed by atoms with Gasteiger partial charge in [-0.05, 0) is 56.2 Å². The van der Waals surface area contributed by atoms with Crippen molar-refractivity contribution in [2.45, 2.75) is 44.6 Å². The number of nitrogens with two attached hydrogens (primary N) is 1. The van der Waals surface area contributed by atoms with Crippen LogP contribution in [0.25, 0.3) is 0 Å². The molecule has 1 aliphatic carbocycles. The summed E-state index contributed by atoms with van der Waals surface area (Å²) in [6.45, 7) is 5.38. The molecule has 0 amide bonds. The molecule has 1 fully saturated rings. The molecule has 0 saturated heterocycles. The summed E-state index contributed by atoms with van der Waals surface area (Å²) in [4.78, 5) is 0.226. The number of rotatable bonds is 5. The van der Waals surface area contributed by atoms with Gasteiger partial charge in [-0.3, -0.25) is 0 Å². The number of aliphatic hydroxyl groups excluding tert-OH is 1. The van der Waals surface area contributed by atoms with E-state index in [1.807, 2.05) is 6.92 Å². The summed E-state index contributed by atoms with van der Waals surface area (Å²) in [7, 11) is -3.65. The van der Waals surface area contributed by atoms with Crippen molar-refractivity contribution in [3.8, 4) is 0 Å². The van der Waals surface area contributed by atoms with Crippen molar-refractivity contribution in [2.75, 3.05) is 12.3 Å². The fourth-order valence-corrected chi connectivity index (χ4v) is 4.04. The second-order valence-corrected chi connectivity index (χ2v) is 7.34. The van der Waals surface area contributed by atoms with Crippen LogP contribution in [-0.2, 0) is 10.0 Å². The van der Waals surface area contributed by atoms with E-state index in [0.717, 1.165) is 18.4 Å². The molecule has 112 valence electrons. The Bertz CT molecular complexity index is 622. The highest BCUT2D eigenvalue weighted by atomic mass is 32.2. The number of aryl methyl sites for hydroxylation is 2. The molecule has 0 spiro atoms. The second kappa shape index (κ2) is 5.35. The van der Waals surface area contributed by atoms with Gasteiger partial charge in [0.15, 0.2) is 0 Å². The third kappa shape index (κ3) is 2.97. The zero-order valence-corrected chi connectivity index (χ0v) is 12.9. The van der Waals surface area contributed by atoms with Gasteiger partial charge >= 0.3 is 0 Å². The molecule has 4 N–H and O–H groups in total. The molecule has 0 heterocycles. The molecule has 1 saturated carbocycles. The highest BCUT2D eigenvalue weighted by Gasteiger charge is 2.31. The first-order chi connectivity index (χ1) is 9.24. The van der Waals surface area contributed by atoms with Crippen molar-refractivity contribution in [1.82, 2.24) is 4.72 Å². The van der Waals surface area contributed by atoms with Gasteiger partial charge in [-0.25, -0.2) is 13.1 Å². The monoisotopic (exact) mass is 298 g/mol. The molecule has 0 aromatic heterocycles. The maximum atomic E-state index is 12.4. The Hall–Kier alpha value is -1.11. The molecule has 1 aromatic rings. The number of benzene rings is 1. The maximum absolute atomic E-state index is 12.4. The zero-order valence-electron chi connectivity index (χ0n) is 12.1. The molecule has 1 aliphatic rings. The van der Waals surface area contributed by atoms with E-state index in [2.05, 4.69) is 4.72 Å². The van der Waals surface area contributed by atoms with Crippen molar-refractivity contribution in [1.29, 1.82) is 0 Å². The first-order valence-electron chi connectivity index (χ1n) is 6.78. The average molecular weight is 298 g/mol. The molecule has 1 unspecified atom stereocenters. The quantitative estimate of drug-likeness (QED) is 0.713. The van der Waals surface area contributed by atoms with Gasteiger partial charge in [-0.2, -0.15) is 0 Å². The van der Waals surface area contributed by atoms with Crippen LogP contribution in [0.3, 0.4) is 0 Å². The average Bonchev–Trinajstić information content (AvgIpc) is 3.17. The van der Waals surface area contributed by atoms with Crippen molar-refractivity contribution >= 4 is 15.7 Å². The van der Waals surface area contributed by atoms with Crippen LogP contribution in [0.5, 0.6) is 0 Å². The van der Waals surface area contributed by atoms with Gasteiger partial charge < -0.3 is 10.8 Å². The molecule has 1 atom stereocenters. The minimum Gasteiger partial charge on any atom is -0.398 e. The van der Waals surface area contributed by atoms with E-state index in [9.17, 15) is 13.5 Å². The molecule has 0 bridgehead atoms. The van der Waals surface area contributed by atoms with Crippen LogP contribution < -0.4 is 10.5 Å². The maximum Gasteiger partial charge on any atom is 0.241 e. The number of hydrogen-bond donors (Lipinski definition) is 3. The Morgan fingerprint density at radius 1 is 1.35 bits per heavy atom. The second-order valence-electron chi connectivity index (χ2n) is 5.63. The Balaban J connectivity index is 2.27. The largest absolute Gasteiger partial charge is 0.398 e. The Kier molecular flexibility index (Phi) is 4.09. The molecule has 1 aromatic carbocycles. The van der Waals surface area contributed by atoms with Crippen LogP contribution in [0.15, 0.2) is 11.0 Å². The molecule has 5 nitrogen and oxygen atoms in total. The van der Waals surface area contributed by atoms with Gasteiger partial charge in [-0.15, -0.1) is 0 Å². The number of hydrogen-bond acceptors (Lipinski definition) is 4. The SMILES string of the molecule is Cc1cc(C)c(S(=O)(=O)NCC(O)C2CC2)c(C)c1N. The third-order valence-corrected chi connectivity index (χ3v) is 5.59. The first-order valence-corrected chi connectivity index (χ1v) is 8.26. The van der Waals surface area contributed by atoms with E-state index in [4.69, 9.17) is 5.73 Å². The van der Waals surface area contributed by atoms with Crippen LogP contribution in [0.4, 0.5) is 5.69 Å². The normalized spacial score (nSPS) is 17.2. The fraction of sp³-hybridized carbons (Fsp3) is 0.571. The van der Waals surface area contributed by atoms with Gasteiger partial charge in [-0.1, -0.05) is 6.07 Å². The molecule has 0 radical (unpaired) electrons. The summed E-state index contributed by atoms with van der Waals surface area (Å²) in [5.41, 5.74) is 8.53. The van der Waals surface area contributed by atoms with Crippen molar-refractivity contribution in [3.63, 3.8) is 0 Å². The van der Waals surface area contributed by atoms with Crippen molar-refractivity contribution < 1.29 is 13.5 Å². The highest BCUT2D eigenvalue weighted by molar-refractivity contribution is 7.89. The molecule has 20 heavy (non-hydrogen) atoms. The Morgan fingerprint density at radius 3 is 2.50 bits per heavy atom. The van der Waals surface area contributed by atoms with E-state index in [0.29, 0.717) is 16.8 Å². The smallest absolute Gasteiger partial charge is 0.241 e. The molecule has 0 aliphatic heterocycles. The van der Waals surface area contributed by atoms with Gasteiger partial charge in [0.25, 0.3) is 0 Å². The zero-order chi connectivity index (χ0) is 15.1. The summed E-state index contributed by atoms with van der Waals surface area (Å²) in [5.74, 6) is 0.239. The van der Waals surface area contributed by atoms with E-state index < -0.39 is 16.1 Å². The summed E-state index contributed by atoms with van der Waals surface area (Å²) in [5, 5.41) is 9.78. The minimum atomic E-state index is -3.65.